The van der Waals surface area contributed by atoms with Crippen molar-refractivity contribution in [3.05, 3.63) is 50.7 Å². The second-order valence-corrected chi connectivity index (χ2v) is 8.84. The zero-order valence-electron chi connectivity index (χ0n) is 16.0. The smallest absolute Gasteiger partial charge is 0.293 e. The quantitative estimate of drug-likeness (QED) is 0.374. The average Bonchev–Trinajstić information content (AvgIpc) is 3.15. The Morgan fingerprint density at radius 1 is 1.34 bits per heavy atom. The van der Waals surface area contributed by atoms with E-state index in [1.807, 2.05) is 35.8 Å². The van der Waals surface area contributed by atoms with Gasteiger partial charge in [-0.25, -0.2) is 13.6 Å². The molecule has 2 rings (SSSR count). The second-order valence-electron chi connectivity index (χ2n) is 6.50. The highest BCUT2D eigenvalue weighted by molar-refractivity contribution is 7.89. The first-order valence-corrected chi connectivity index (χ1v) is 11.1. The third kappa shape index (κ3) is 6.49. The Hall–Kier alpha value is -2.54. The van der Waals surface area contributed by atoms with Crippen LogP contribution in [-0.4, -0.2) is 51.3 Å². The molecule has 1 atom stereocenters. The number of amides is 1. The van der Waals surface area contributed by atoms with Gasteiger partial charge in [-0.2, -0.15) is 11.3 Å². The van der Waals surface area contributed by atoms with Crippen molar-refractivity contribution < 1.29 is 18.1 Å². The Morgan fingerprint density at radius 2 is 2.07 bits per heavy atom. The molecule has 10 nitrogen and oxygen atoms in total. The highest BCUT2D eigenvalue weighted by Gasteiger charge is 2.19. The van der Waals surface area contributed by atoms with E-state index in [2.05, 4.69) is 10.6 Å². The molecule has 0 aliphatic rings. The fraction of sp³-hybridized carbons (Fsp3) is 0.353. The number of nitro benzene ring substituents is 1. The van der Waals surface area contributed by atoms with E-state index >= 15 is 0 Å². The minimum Gasteiger partial charge on any atom is -0.379 e. The van der Waals surface area contributed by atoms with Crippen molar-refractivity contribution in [3.63, 3.8) is 0 Å². The van der Waals surface area contributed by atoms with Crippen LogP contribution in [0.4, 0.5) is 11.4 Å². The van der Waals surface area contributed by atoms with Crippen LogP contribution in [0.3, 0.4) is 0 Å². The summed E-state index contributed by atoms with van der Waals surface area (Å²) in [5, 5.41) is 25.9. The van der Waals surface area contributed by atoms with Gasteiger partial charge in [-0.15, -0.1) is 0 Å². The highest BCUT2D eigenvalue weighted by atomic mass is 32.2. The van der Waals surface area contributed by atoms with Crippen LogP contribution >= 0.6 is 11.3 Å². The Labute approximate surface area is 172 Å². The molecule has 158 valence electrons. The zero-order chi connectivity index (χ0) is 21.6. The number of sulfonamides is 1. The van der Waals surface area contributed by atoms with Gasteiger partial charge in [0.05, 0.1) is 15.9 Å². The number of primary sulfonamides is 1. The minimum absolute atomic E-state index is 0.0463. The molecule has 1 heterocycles. The van der Waals surface area contributed by atoms with Gasteiger partial charge in [0.25, 0.3) is 5.69 Å². The van der Waals surface area contributed by atoms with Gasteiger partial charge in [0.2, 0.25) is 15.9 Å². The van der Waals surface area contributed by atoms with E-state index < -0.39 is 20.6 Å². The van der Waals surface area contributed by atoms with Gasteiger partial charge < -0.3 is 15.5 Å². The first-order chi connectivity index (χ1) is 13.6. The molecule has 0 fully saturated rings. The standard InChI is InChI=1S/C17H23N5O5S2/c1-21(2)16(12-6-8-28-11-12)10-20-17(23)5-7-19-14-4-3-13(29(18,26)27)9-15(14)22(24)25/h3-4,6,8-9,11,16,19H,5,7,10H2,1-2H3,(H,20,23)(H2,18,26,27). The summed E-state index contributed by atoms with van der Waals surface area (Å²) in [6.07, 6.45) is 0.0951. The van der Waals surface area contributed by atoms with E-state index in [4.69, 9.17) is 5.14 Å². The van der Waals surface area contributed by atoms with Gasteiger partial charge in [-0.05, 0) is 48.6 Å². The number of nitrogens with zero attached hydrogens (tertiary/aromatic N) is 2. The maximum Gasteiger partial charge on any atom is 0.293 e. The van der Waals surface area contributed by atoms with Crippen molar-refractivity contribution in [2.75, 3.05) is 32.5 Å². The van der Waals surface area contributed by atoms with Crippen LogP contribution < -0.4 is 15.8 Å². The summed E-state index contributed by atoms with van der Waals surface area (Å²) in [6, 6.07) is 5.38. The van der Waals surface area contributed by atoms with E-state index in [1.54, 1.807) is 11.3 Å². The monoisotopic (exact) mass is 441 g/mol. The number of anilines is 1. The molecule has 1 amide bonds. The number of likely N-dealkylation sites (N-methyl/N-ethyl adjacent to an activating group) is 1. The van der Waals surface area contributed by atoms with Crippen molar-refractivity contribution in [3.8, 4) is 0 Å². The van der Waals surface area contributed by atoms with Crippen LogP contribution in [0.15, 0.2) is 39.9 Å². The summed E-state index contributed by atoms with van der Waals surface area (Å²) >= 11 is 1.59. The van der Waals surface area contributed by atoms with E-state index in [9.17, 15) is 23.3 Å². The summed E-state index contributed by atoms with van der Waals surface area (Å²) in [7, 11) is -0.189. The van der Waals surface area contributed by atoms with Gasteiger partial charge in [0.1, 0.15) is 5.69 Å². The van der Waals surface area contributed by atoms with Crippen molar-refractivity contribution >= 4 is 38.6 Å². The molecule has 0 saturated heterocycles. The molecule has 0 aliphatic heterocycles. The summed E-state index contributed by atoms with van der Waals surface area (Å²) in [4.78, 5) is 24.3. The van der Waals surface area contributed by atoms with Crippen LogP contribution in [0.25, 0.3) is 0 Å². The Morgan fingerprint density at radius 3 is 2.62 bits per heavy atom. The molecule has 0 spiro atoms. The number of carbonyl (C=O) groups excluding carboxylic acids is 1. The lowest BCUT2D eigenvalue weighted by Gasteiger charge is -2.24. The van der Waals surface area contributed by atoms with Gasteiger partial charge >= 0.3 is 0 Å². The van der Waals surface area contributed by atoms with Gasteiger partial charge in [0.15, 0.2) is 0 Å². The van der Waals surface area contributed by atoms with Crippen molar-refractivity contribution in [2.24, 2.45) is 5.14 Å². The Balaban J connectivity index is 1.92. The number of nitro groups is 1. The summed E-state index contributed by atoms with van der Waals surface area (Å²) < 4.78 is 22.7. The maximum atomic E-state index is 12.1. The van der Waals surface area contributed by atoms with Crippen molar-refractivity contribution in [1.82, 2.24) is 10.2 Å². The molecule has 0 saturated carbocycles. The second kappa shape index (κ2) is 9.78. The predicted molar refractivity (Wildman–Crippen MR) is 111 cm³/mol. The normalized spacial score (nSPS) is 12.6. The third-order valence-electron chi connectivity index (χ3n) is 4.21. The van der Waals surface area contributed by atoms with Crippen LogP contribution in [0.2, 0.25) is 0 Å². The van der Waals surface area contributed by atoms with Gasteiger partial charge in [0, 0.05) is 25.6 Å². The molecule has 1 aromatic carbocycles. The number of nitrogens with two attached hydrogens (primary N) is 1. The number of nitrogens with one attached hydrogen (secondary N) is 2. The summed E-state index contributed by atoms with van der Waals surface area (Å²) in [5.41, 5.74) is 0.797. The molecule has 0 aliphatic carbocycles. The first kappa shape index (κ1) is 22.7. The lowest BCUT2D eigenvalue weighted by atomic mass is 10.1. The largest absolute Gasteiger partial charge is 0.379 e. The fourth-order valence-corrected chi connectivity index (χ4v) is 3.90. The van der Waals surface area contributed by atoms with Crippen LogP contribution in [0.5, 0.6) is 0 Å². The zero-order valence-corrected chi connectivity index (χ0v) is 17.6. The number of hydrogen-bond acceptors (Lipinski definition) is 8. The lowest BCUT2D eigenvalue weighted by molar-refractivity contribution is -0.384. The van der Waals surface area contributed by atoms with Crippen LogP contribution in [0, 0.1) is 10.1 Å². The van der Waals surface area contributed by atoms with E-state index in [0.29, 0.717) is 6.54 Å². The summed E-state index contributed by atoms with van der Waals surface area (Å²) in [5.74, 6) is -0.205. The average molecular weight is 442 g/mol. The van der Waals surface area contributed by atoms with E-state index in [1.165, 1.54) is 12.1 Å². The number of benzene rings is 1. The lowest BCUT2D eigenvalue weighted by Crippen LogP contribution is -2.35. The number of carbonyl (C=O) groups is 1. The molecule has 0 radical (unpaired) electrons. The third-order valence-corrected chi connectivity index (χ3v) is 5.82. The molecule has 12 heteroatoms. The van der Waals surface area contributed by atoms with Gasteiger partial charge in [-0.1, -0.05) is 0 Å². The Bertz CT molecular complexity index is 961. The van der Waals surface area contributed by atoms with Crippen LogP contribution in [-0.2, 0) is 14.8 Å². The molecule has 1 aromatic heterocycles. The van der Waals surface area contributed by atoms with E-state index in [-0.39, 0.29) is 35.5 Å². The fourth-order valence-electron chi connectivity index (χ4n) is 2.66. The molecular weight excluding hydrogens is 418 g/mol. The number of thiophene rings is 1. The van der Waals surface area contributed by atoms with Gasteiger partial charge in [-0.3, -0.25) is 14.9 Å². The number of hydrogen-bond donors (Lipinski definition) is 3. The molecule has 4 N–H and O–H groups in total. The molecule has 2 aromatic rings. The minimum atomic E-state index is -4.05. The molecule has 1 unspecified atom stereocenters. The highest BCUT2D eigenvalue weighted by Crippen LogP contribution is 2.27. The van der Waals surface area contributed by atoms with Crippen molar-refractivity contribution in [1.29, 1.82) is 0 Å². The summed E-state index contributed by atoms with van der Waals surface area (Å²) in [6.45, 7) is 0.582. The van der Waals surface area contributed by atoms with Crippen molar-refractivity contribution in [2.45, 2.75) is 17.4 Å². The maximum absolute atomic E-state index is 12.1. The van der Waals surface area contributed by atoms with Crippen LogP contribution in [0.1, 0.15) is 18.0 Å². The Kier molecular flexibility index (Phi) is 7.67. The predicted octanol–water partition coefficient (Wildman–Crippen LogP) is 1.52. The topological polar surface area (TPSA) is 148 Å². The molecule has 0 bridgehead atoms. The molecular formula is C17H23N5O5S2. The number of rotatable bonds is 10. The SMILES string of the molecule is CN(C)C(CNC(=O)CCNc1ccc(S(N)(=O)=O)cc1[N+](=O)[O-])c1ccsc1. The molecule has 29 heavy (non-hydrogen) atoms. The first-order valence-electron chi connectivity index (χ1n) is 8.60. The van der Waals surface area contributed by atoms with E-state index in [0.717, 1.165) is 11.6 Å².